The number of nitrogens with zero attached hydrogens (tertiary/aromatic N) is 4. The molecule has 0 unspecified atom stereocenters. The van der Waals surface area contributed by atoms with Crippen LogP contribution in [0.15, 0.2) is 35.1 Å². The van der Waals surface area contributed by atoms with Gasteiger partial charge in [0.1, 0.15) is 6.33 Å². The molecule has 6 heteroatoms. The van der Waals surface area contributed by atoms with E-state index in [0.717, 1.165) is 11.1 Å². The van der Waals surface area contributed by atoms with E-state index in [9.17, 15) is 0 Å². The smallest absolute Gasteiger partial charge is 0.258 e. The zero-order valence-corrected chi connectivity index (χ0v) is 10.7. The molecule has 1 aromatic carbocycles. The second-order valence-electron chi connectivity index (χ2n) is 4.49. The number of rotatable bonds is 3. The van der Waals surface area contributed by atoms with Gasteiger partial charge < -0.3 is 4.52 Å². The van der Waals surface area contributed by atoms with Gasteiger partial charge in [-0.3, -0.25) is 5.10 Å². The molecule has 0 amide bonds. The first-order valence-electron chi connectivity index (χ1n) is 6.04. The molecule has 96 valence electrons. The molecule has 3 aromatic rings. The minimum absolute atomic E-state index is 0.231. The van der Waals surface area contributed by atoms with Crippen molar-refractivity contribution in [2.24, 2.45) is 0 Å². The number of hydrogen-bond acceptors (Lipinski definition) is 5. The lowest BCUT2D eigenvalue weighted by molar-refractivity contribution is 0.419. The van der Waals surface area contributed by atoms with Crippen LogP contribution in [0.2, 0.25) is 0 Å². The Morgan fingerprint density at radius 1 is 1.16 bits per heavy atom. The molecule has 0 aliphatic heterocycles. The molecule has 0 aliphatic rings. The summed E-state index contributed by atoms with van der Waals surface area (Å²) in [6.45, 7) is 4.05. The zero-order valence-electron chi connectivity index (χ0n) is 10.7. The molecule has 0 aliphatic carbocycles. The van der Waals surface area contributed by atoms with E-state index >= 15 is 0 Å². The average Bonchev–Trinajstić information content (AvgIpc) is 3.10. The SMILES string of the molecule is CC(C)c1noc(-c2ccccc2-c2ncn[nH]2)n1. The van der Waals surface area contributed by atoms with Crippen molar-refractivity contribution in [2.75, 3.05) is 0 Å². The van der Waals surface area contributed by atoms with Crippen molar-refractivity contribution >= 4 is 0 Å². The summed E-state index contributed by atoms with van der Waals surface area (Å²) in [6, 6.07) is 7.72. The van der Waals surface area contributed by atoms with E-state index in [2.05, 4.69) is 25.3 Å². The Morgan fingerprint density at radius 2 is 1.95 bits per heavy atom. The fraction of sp³-hybridized carbons (Fsp3) is 0.231. The van der Waals surface area contributed by atoms with Crippen LogP contribution in [0.3, 0.4) is 0 Å². The van der Waals surface area contributed by atoms with Gasteiger partial charge in [-0.25, -0.2) is 4.98 Å². The van der Waals surface area contributed by atoms with Crippen LogP contribution in [0.4, 0.5) is 0 Å². The van der Waals surface area contributed by atoms with Crippen LogP contribution < -0.4 is 0 Å². The third kappa shape index (κ3) is 2.12. The molecule has 0 radical (unpaired) electrons. The second kappa shape index (κ2) is 4.64. The molecule has 3 rings (SSSR count). The maximum absolute atomic E-state index is 5.33. The Balaban J connectivity index is 2.09. The lowest BCUT2D eigenvalue weighted by Crippen LogP contribution is -1.90. The van der Waals surface area contributed by atoms with Crippen LogP contribution in [0, 0.1) is 0 Å². The molecule has 2 heterocycles. The third-order valence-electron chi connectivity index (χ3n) is 2.79. The third-order valence-corrected chi connectivity index (χ3v) is 2.79. The van der Waals surface area contributed by atoms with Gasteiger partial charge in [-0.05, 0) is 6.07 Å². The lowest BCUT2D eigenvalue weighted by Gasteiger charge is -2.01. The first kappa shape index (κ1) is 11.6. The van der Waals surface area contributed by atoms with Crippen LogP contribution in [0.5, 0.6) is 0 Å². The Kier molecular flexibility index (Phi) is 2.83. The van der Waals surface area contributed by atoms with Crippen molar-refractivity contribution in [2.45, 2.75) is 19.8 Å². The number of nitrogens with one attached hydrogen (secondary N) is 1. The van der Waals surface area contributed by atoms with E-state index in [0.29, 0.717) is 17.5 Å². The van der Waals surface area contributed by atoms with Gasteiger partial charge in [-0.2, -0.15) is 10.1 Å². The maximum Gasteiger partial charge on any atom is 0.258 e. The minimum atomic E-state index is 0.231. The average molecular weight is 255 g/mol. The second-order valence-corrected chi connectivity index (χ2v) is 4.49. The fourth-order valence-electron chi connectivity index (χ4n) is 1.79. The van der Waals surface area contributed by atoms with Crippen molar-refractivity contribution in [1.82, 2.24) is 25.3 Å². The van der Waals surface area contributed by atoms with Gasteiger partial charge in [0.25, 0.3) is 5.89 Å². The Hall–Kier alpha value is -2.50. The van der Waals surface area contributed by atoms with Crippen molar-refractivity contribution < 1.29 is 4.52 Å². The summed E-state index contributed by atoms with van der Waals surface area (Å²) in [4.78, 5) is 8.57. The standard InChI is InChI=1S/C13H13N5O/c1-8(2)11-16-13(19-18-11)10-6-4-3-5-9(10)12-14-7-15-17-12/h3-8H,1-2H3,(H,14,15,17). The van der Waals surface area contributed by atoms with Gasteiger partial charge in [0.2, 0.25) is 0 Å². The van der Waals surface area contributed by atoms with Gasteiger partial charge in [0.15, 0.2) is 11.6 Å². The van der Waals surface area contributed by atoms with E-state index in [1.807, 2.05) is 38.1 Å². The van der Waals surface area contributed by atoms with E-state index < -0.39 is 0 Å². The highest BCUT2D eigenvalue weighted by Crippen LogP contribution is 2.29. The molecule has 2 aromatic heterocycles. The molecule has 1 N–H and O–H groups in total. The highest BCUT2D eigenvalue weighted by Gasteiger charge is 2.16. The van der Waals surface area contributed by atoms with Crippen molar-refractivity contribution in [3.05, 3.63) is 36.4 Å². The van der Waals surface area contributed by atoms with E-state index in [-0.39, 0.29) is 5.92 Å². The summed E-state index contributed by atoms with van der Waals surface area (Å²) in [5, 5.41) is 10.7. The highest BCUT2D eigenvalue weighted by molar-refractivity contribution is 5.75. The van der Waals surface area contributed by atoms with Crippen LogP contribution in [0.1, 0.15) is 25.6 Å². The molecule has 0 fully saturated rings. The zero-order chi connectivity index (χ0) is 13.2. The highest BCUT2D eigenvalue weighted by atomic mass is 16.5. The van der Waals surface area contributed by atoms with Gasteiger partial charge in [0, 0.05) is 11.5 Å². The molecule has 0 saturated carbocycles. The molecule has 0 atom stereocenters. The summed E-state index contributed by atoms with van der Waals surface area (Å²) >= 11 is 0. The van der Waals surface area contributed by atoms with Gasteiger partial charge in [0.05, 0.1) is 5.56 Å². The van der Waals surface area contributed by atoms with Crippen molar-refractivity contribution in [3.8, 4) is 22.8 Å². The van der Waals surface area contributed by atoms with Crippen molar-refractivity contribution in [1.29, 1.82) is 0 Å². The van der Waals surface area contributed by atoms with E-state index in [1.165, 1.54) is 6.33 Å². The predicted octanol–water partition coefficient (Wildman–Crippen LogP) is 2.65. The van der Waals surface area contributed by atoms with Crippen LogP contribution in [-0.4, -0.2) is 25.3 Å². The normalized spacial score (nSPS) is 11.1. The first-order chi connectivity index (χ1) is 9.25. The molecule has 19 heavy (non-hydrogen) atoms. The largest absolute Gasteiger partial charge is 0.334 e. The number of hydrogen-bond donors (Lipinski definition) is 1. The molecular formula is C13H13N5O. The number of benzene rings is 1. The summed E-state index contributed by atoms with van der Waals surface area (Å²) in [7, 11) is 0. The van der Waals surface area contributed by atoms with Gasteiger partial charge >= 0.3 is 0 Å². The monoisotopic (exact) mass is 255 g/mol. The van der Waals surface area contributed by atoms with Gasteiger partial charge in [-0.15, -0.1) is 0 Å². The summed E-state index contributed by atoms with van der Waals surface area (Å²) in [5.74, 6) is 2.10. The summed E-state index contributed by atoms with van der Waals surface area (Å²) in [6.07, 6.45) is 1.47. The lowest BCUT2D eigenvalue weighted by atomic mass is 10.1. The Labute approximate surface area is 109 Å². The number of H-pyrrole nitrogens is 1. The number of aromatic amines is 1. The molecular weight excluding hydrogens is 242 g/mol. The minimum Gasteiger partial charge on any atom is -0.334 e. The van der Waals surface area contributed by atoms with E-state index in [4.69, 9.17) is 4.52 Å². The van der Waals surface area contributed by atoms with Crippen LogP contribution >= 0.6 is 0 Å². The van der Waals surface area contributed by atoms with Gasteiger partial charge in [-0.1, -0.05) is 37.2 Å². The number of aromatic nitrogens is 5. The predicted molar refractivity (Wildman–Crippen MR) is 69.2 cm³/mol. The molecule has 0 saturated heterocycles. The molecule has 0 bridgehead atoms. The summed E-state index contributed by atoms with van der Waals surface area (Å²) < 4.78 is 5.33. The maximum atomic E-state index is 5.33. The Morgan fingerprint density at radius 3 is 2.58 bits per heavy atom. The Bertz CT molecular complexity index is 672. The molecule has 6 nitrogen and oxygen atoms in total. The molecule has 0 spiro atoms. The first-order valence-corrected chi connectivity index (χ1v) is 6.04. The van der Waals surface area contributed by atoms with Crippen molar-refractivity contribution in [3.63, 3.8) is 0 Å². The van der Waals surface area contributed by atoms with Crippen LogP contribution in [-0.2, 0) is 0 Å². The van der Waals surface area contributed by atoms with E-state index in [1.54, 1.807) is 0 Å². The quantitative estimate of drug-likeness (QED) is 0.778. The topological polar surface area (TPSA) is 80.5 Å². The summed E-state index contributed by atoms with van der Waals surface area (Å²) in [5.41, 5.74) is 1.73. The van der Waals surface area contributed by atoms with Crippen LogP contribution in [0.25, 0.3) is 22.8 Å². The fourth-order valence-corrected chi connectivity index (χ4v) is 1.79.